The number of rotatable bonds is 3. The van der Waals surface area contributed by atoms with Crippen molar-refractivity contribution in [3.8, 4) is 5.75 Å². The number of benzene rings is 2. The topological polar surface area (TPSA) is 85.4 Å². The van der Waals surface area contributed by atoms with Gasteiger partial charge in [-0.05, 0) is 86.3 Å². The number of aromatic amines is 1. The average molecular weight is 491 g/mol. The van der Waals surface area contributed by atoms with Crippen LogP contribution in [0, 0.1) is 5.92 Å². The summed E-state index contributed by atoms with van der Waals surface area (Å²) in [7, 11) is 0. The number of aliphatic hydroxyl groups is 1. The number of hydrogen-bond donors (Lipinski definition) is 4. The summed E-state index contributed by atoms with van der Waals surface area (Å²) in [5.41, 5.74) is 2.04. The van der Waals surface area contributed by atoms with Crippen molar-refractivity contribution in [3.05, 3.63) is 59.8 Å². The Labute approximate surface area is 203 Å². The maximum Gasteiger partial charge on any atom is 0.416 e. The molecule has 3 aromatic rings. The van der Waals surface area contributed by atoms with Crippen LogP contribution >= 0.6 is 0 Å². The number of anilines is 1. The van der Waals surface area contributed by atoms with Gasteiger partial charge < -0.3 is 20.5 Å². The zero-order valence-electron chi connectivity index (χ0n) is 19.8. The standard InChI is InChI=1S/C11H11F3.C9H8N2O2.C7H14O/c12-11(13,14)10-6-4-9(5-7-10)8-2-1-3-8;12-5-11-9-4-10-8-2-1-6(13)3-7(8)9;1-6-2-4-7(8)5-3-6/h4-8H,1-3H2;1-5,10,13H,(H,11,12);6-8H,2-5H2,1H3. The molecule has 0 bridgehead atoms. The number of phenolic OH excluding ortho intramolecular Hbond substituents is 1. The fourth-order valence-corrected chi connectivity index (χ4v) is 4.22. The second-order valence-electron chi connectivity index (χ2n) is 9.36. The van der Waals surface area contributed by atoms with Crippen LogP contribution in [0.15, 0.2) is 48.7 Å². The van der Waals surface area contributed by atoms with Crippen LogP contribution in [0.4, 0.5) is 18.9 Å². The monoisotopic (exact) mass is 490 g/mol. The fourth-order valence-electron chi connectivity index (χ4n) is 4.22. The van der Waals surface area contributed by atoms with Gasteiger partial charge in [0.15, 0.2) is 0 Å². The van der Waals surface area contributed by atoms with Crippen molar-refractivity contribution in [3.63, 3.8) is 0 Å². The number of phenols is 1. The molecule has 190 valence electrons. The lowest BCUT2D eigenvalue weighted by Gasteiger charge is -2.25. The number of amides is 1. The lowest BCUT2D eigenvalue weighted by Crippen LogP contribution is -2.15. The molecule has 1 heterocycles. The number of hydrogen-bond acceptors (Lipinski definition) is 3. The molecule has 35 heavy (non-hydrogen) atoms. The summed E-state index contributed by atoms with van der Waals surface area (Å²) in [5, 5.41) is 21.6. The van der Waals surface area contributed by atoms with Crippen LogP contribution in [0.2, 0.25) is 0 Å². The first-order chi connectivity index (χ1) is 16.7. The average Bonchev–Trinajstić information content (AvgIpc) is 3.18. The summed E-state index contributed by atoms with van der Waals surface area (Å²) in [4.78, 5) is 13.2. The normalized spacial score (nSPS) is 20.0. The molecule has 0 radical (unpaired) electrons. The molecule has 2 fully saturated rings. The number of nitrogens with one attached hydrogen (secondary N) is 2. The van der Waals surface area contributed by atoms with E-state index in [1.54, 1.807) is 36.5 Å². The highest BCUT2D eigenvalue weighted by molar-refractivity contribution is 5.96. The Morgan fingerprint density at radius 3 is 2.17 bits per heavy atom. The number of aromatic hydroxyl groups is 1. The summed E-state index contributed by atoms with van der Waals surface area (Å²) >= 11 is 0. The van der Waals surface area contributed by atoms with Crippen LogP contribution in [0.25, 0.3) is 10.9 Å². The lowest BCUT2D eigenvalue weighted by molar-refractivity contribution is -0.137. The molecule has 1 amide bonds. The molecule has 0 aliphatic heterocycles. The zero-order chi connectivity index (χ0) is 25.4. The molecule has 2 saturated carbocycles. The first-order valence-electron chi connectivity index (χ1n) is 12.0. The van der Waals surface area contributed by atoms with Gasteiger partial charge in [-0.2, -0.15) is 13.2 Å². The van der Waals surface area contributed by atoms with Gasteiger partial charge in [-0.15, -0.1) is 0 Å². The van der Waals surface area contributed by atoms with Gasteiger partial charge in [-0.1, -0.05) is 25.5 Å². The van der Waals surface area contributed by atoms with Crippen LogP contribution in [0.1, 0.15) is 68.9 Å². The number of aliphatic hydroxyl groups excluding tert-OH is 1. The first-order valence-corrected chi connectivity index (χ1v) is 12.0. The molecule has 4 N–H and O–H groups in total. The van der Waals surface area contributed by atoms with E-state index in [1.165, 1.54) is 31.4 Å². The van der Waals surface area contributed by atoms with Crippen molar-refractivity contribution >= 4 is 23.0 Å². The highest BCUT2D eigenvalue weighted by Crippen LogP contribution is 2.37. The van der Waals surface area contributed by atoms with Crippen molar-refractivity contribution < 1.29 is 28.2 Å². The van der Waals surface area contributed by atoms with Crippen molar-refractivity contribution in [1.82, 2.24) is 4.98 Å². The van der Waals surface area contributed by atoms with E-state index in [4.69, 9.17) is 5.11 Å². The molecule has 0 saturated heterocycles. The van der Waals surface area contributed by atoms with Gasteiger partial charge in [0.05, 0.1) is 17.4 Å². The van der Waals surface area contributed by atoms with E-state index >= 15 is 0 Å². The van der Waals surface area contributed by atoms with Gasteiger partial charge in [0.2, 0.25) is 6.41 Å². The van der Waals surface area contributed by atoms with Crippen molar-refractivity contribution in [2.75, 3.05) is 5.32 Å². The number of carbonyl (C=O) groups is 1. The minimum Gasteiger partial charge on any atom is -0.508 e. The van der Waals surface area contributed by atoms with Gasteiger partial charge in [0, 0.05) is 17.1 Å². The van der Waals surface area contributed by atoms with E-state index in [0.29, 0.717) is 18.0 Å². The molecule has 2 aliphatic rings. The molecule has 0 atom stereocenters. The second-order valence-corrected chi connectivity index (χ2v) is 9.36. The number of halogens is 3. The summed E-state index contributed by atoms with van der Waals surface area (Å²) < 4.78 is 36.6. The highest BCUT2D eigenvalue weighted by Gasteiger charge is 2.30. The molecular formula is C27H33F3N2O3. The second kappa shape index (κ2) is 12.1. The summed E-state index contributed by atoms with van der Waals surface area (Å²) in [6.07, 6.45) is 6.03. The maximum atomic E-state index is 12.2. The molecule has 1 aromatic heterocycles. The van der Waals surface area contributed by atoms with E-state index in [0.717, 1.165) is 48.1 Å². The zero-order valence-corrected chi connectivity index (χ0v) is 19.8. The number of carbonyl (C=O) groups excluding carboxylic acids is 1. The van der Waals surface area contributed by atoms with Crippen molar-refractivity contribution in [2.24, 2.45) is 5.92 Å². The molecule has 5 nitrogen and oxygen atoms in total. The van der Waals surface area contributed by atoms with Gasteiger partial charge in [-0.25, -0.2) is 0 Å². The summed E-state index contributed by atoms with van der Waals surface area (Å²) in [6, 6.07) is 10.5. The van der Waals surface area contributed by atoms with E-state index in [-0.39, 0.29) is 11.9 Å². The van der Waals surface area contributed by atoms with Crippen LogP contribution in [-0.4, -0.2) is 27.7 Å². The molecule has 2 aliphatic carbocycles. The van der Waals surface area contributed by atoms with E-state index in [2.05, 4.69) is 17.2 Å². The largest absolute Gasteiger partial charge is 0.508 e. The molecule has 8 heteroatoms. The van der Waals surface area contributed by atoms with Crippen LogP contribution in [0.3, 0.4) is 0 Å². The summed E-state index contributed by atoms with van der Waals surface area (Å²) in [6.45, 7) is 2.26. The third kappa shape index (κ3) is 7.75. The van der Waals surface area contributed by atoms with Crippen LogP contribution in [-0.2, 0) is 11.0 Å². The Kier molecular flexibility index (Phi) is 9.20. The fraction of sp³-hybridized carbons (Fsp3) is 0.444. The molecule has 5 rings (SSSR count). The Morgan fingerprint density at radius 1 is 1.00 bits per heavy atom. The summed E-state index contributed by atoms with van der Waals surface area (Å²) in [5.74, 6) is 1.54. The molecule has 2 aromatic carbocycles. The minimum atomic E-state index is -4.21. The van der Waals surface area contributed by atoms with E-state index in [9.17, 15) is 23.1 Å². The predicted octanol–water partition coefficient (Wildman–Crippen LogP) is 6.97. The van der Waals surface area contributed by atoms with Gasteiger partial charge in [-0.3, -0.25) is 4.79 Å². The van der Waals surface area contributed by atoms with E-state index in [1.807, 2.05) is 0 Å². The number of H-pyrrole nitrogens is 1. The Hall–Kier alpha value is -3.00. The Morgan fingerprint density at radius 2 is 1.66 bits per heavy atom. The van der Waals surface area contributed by atoms with Crippen molar-refractivity contribution in [2.45, 2.75) is 70.1 Å². The highest BCUT2D eigenvalue weighted by atomic mass is 19.4. The Balaban J connectivity index is 0.000000152. The number of fused-ring (bicyclic) bond motifs is 1. The number of alkyl halides is 3. The van der Waals surface area contributed by atoms with Gasteiger partial charge >= 0.3 is 6.18 Å². The molecule has 0 spiro atoms. The smallest absolute Gasteiger partial charge is 0.416 e. The SMILES string of the molecule is CC1CCC(O)CC1.FC(F)(F)c1ccc(C2CCC2)cc1.O=CNc1c[nH]c2ccc(O)cc12. The number of aromatic nitrogens is 1. The molecular weight excluding hydrogens is 457 g/mol. The van der Waals surface area contributed by atoms with Crippen molar-refractivity contribution in [1.29, 1.82) is 0 Å². The molecule has 0 unspecified atom stereocenters. The Bertz CT molecular complexity index is 1060. The third-order valence-electron chi connectivity index (χ3n) is 6.68. The van der Waals surface area contributed by atoms with E-state index < -0.39 is 11.7 Å². The van der Waals surface area contributed by atoms with Gasteiger partial charge in [0.1, 0.15) is 5.75 Å². The maximum absolute atomic E-state index is 12.2. The third-order valence-corrected chi connectivity index (χ3v) is 6.68. The lowest BCUT2D eigenvalue weighted by atomic mass is 9.80. The van der Waals surface area contributed by atoms with Crippen LogP contribution < -0.4 is 5.32 Å². The van der Waals surface area contributed by atoms with Gasteiger partial charge in [0.25, 0.3) is 0 Å². The van der Waals surface area contributed by atoms with Crippen LogP contribution in [0.5, 0.6) is 5.75 Å². The quantitative estimate of drug-likeness (QED) is 0.299. The first kappa shape index (κ1) is 26.6. The minimum absolute atomic E-state index is 0.0196. The predicted molar refractivity (Wildman–Crippen MR) is 131 cm³/mol.